The van der Waals surface area contributed by atoms with Gasteiger partial charge in [-0.05, 0) is 58.0 Å². The second-order valence-electron chi connectivity index (χ2n) is 9.39. The number of ether oxygens (including phenoxy) is 1. The highest BCUT2D eigenvalue weighted by Gasteiger charge is 2.27. The van der Waals surface area contributed by atoms with Crippen molar-refractivity contribution >= 4 is 28.8 Å². The topological polar surface area (TPSA) is 92.6 Å². The van der Waals surface area contributed by atoms with Crippen LogP contribution in [0, 0.1) is 6.92 Å². The number of likely N-dealkylation sites (tertiary alicyclic amines) is 1. The highest BCUT2D eigenvalue weighted by Crippen LogP contribution is 2.32. The number of imidazole rings is 1. The fraction of sp³-hybridized carbons (Fsp3) is 0.407. The number of carbonyl (C=O) groups excluding carboxylic acids is 2. The maximum absolute atomic E-state index is 13.1. The first-order valence-corrected chi connectivity index (χ1v) is 12.3. The van der Waals surface area contributed by atoms with Crippen LogP contribution < -0.4 is 10.1 Å². The minimum Gasteiger partial charge on any atom is -0.481 e. The number of para-hydroxylation sites is 1. The highest BCUT2D eigenvalue weighted by molar-refractivity contribution is 6.04. The molecule has 9 heteroatoms. The zero-order chi connectivity index (χ0) is 25.7. The summed E-state index contributed by atoms with van der Waals surface area (Å²) in [6.07, 6.45) is 7.86. The number of amides is 2. The SMILES string of the molecule is COc1ccc(C(=O)Nc2nc3cccc(C)c3n2C2CCCCN(C(=O)C=CCN(C)C)C2)cn1. The molecule has 1 unspecified atom stereocenters. The quantitative estimate of drug-likeness (QED) is 0.508. The van der Waals surface area contributed by atoms with E-state index >= 15 is 0 Å². The minimum atomic E-state index is -0.299. The van der Waals surface area contributed by atoms with E-state index in [-0.39, 0.29) is 17.9 Å². The van der Waals surface area contributed by atoms with Gasteiger partial charge in [-0.25, -0.2) is 9.97 Å². The van der Waals surface area contributed by atoms with E-state index in [1.54, 1.807) is 18.2 Å². The maximum atomic E-state index is 13.1. The summed E-state index contributed by atoms with van der Waals surface area (Å²) in [6.45, 7) is 4.03. The Balaban J connectivity index is 1.66. The molecule has 1 saturated heterocycles. The molecule has 1 aliphatic heterocycles. The predicted molar refractivity (Wildman–Crippen MR) is 140 cm³/mol. The molecular weight excluding hydrogens is 456 g/mol. The van der Waals surface area contributed by atoms with Gasteiger partial charge in [0.15, 0.2) is 0 Å². The zero-order valence-corrected chi connectivity index (χ0v) is 21.4. The number of carbonyl (C=O) groups is 2. The lowest BCUT2D eigenvalue weighted by Gasteiger charge is -2.26. The van der Waals surface area contributed by atoms with Crippen molar-refractivity contribution in [3.05, 3.63) is 59.8 Å². The second-order valence-corrected chi connectivity index (χ2v) is 9.39. The van der Waals surface area contributed by atoms with Crippen molar-refractivity contribution in [3.8, 4) is 5.88 Å². The normalized spacial score (nSPS) is 16.5. The van der Waals surface area contributed by atoms with E-state index in [9.17, 15) is 9.59 Å². The maximum Gasteiger partial charge on any atom is 0.259 e. The third-order valence-electron chi connectivity index (χ3n) is 6.40. The highest BCUT2D eigenvalue weighted by atomic mass is 16.5. The average Bonchev–Trinajstić information content (AvgIpc) is 3.05. The van der Waals surface area contributed by atoms with E-state index in [1.165, 1.54) is 13.3 Å². The molecule has 190 valence electrons. The lowest BCUT2D eigenvalue weighted by atomic mass is 10.1. The first-order valence-electron chi connectivity index (χ1n) is 12.3. The minimum absolute atomic E-state index is 0.0137. The van der Waals surface area contributed by atoms with E-state index in [1.807, 2.05) is 55.1 Å². The van der Waals surface area contributed by atoms with Crippen LogP contribution in [0.2, 0.25) is 0 Å². The smallest absolute Gasteiger partial charge is 0.259 e. The van der Waals surface area contributed by atoms with Crippen molar-refractivity contribution in [1.29, 1.82) is 0 Å². The van der Waals surface area contributed by atoms with Crippen LogP contribution in [-0.4, -0.2) is 77.0 Å². The first-order chi connectivity index (χ1) is 17.4. The first kappa shape index (κ1) is 25.4. The largest absolute Gasteiger partial charge is 0.481 e. The number of rotatable bonds is 7. The van der Waals surface area contributed by atoms with Crippen molar-refractivity contribution in [2.24, 2.45) is 0 Å². The van der Waals surface area contributed by atoms with Gasteiger partial charge in [-0.2, -0.15) is 0 Å². The number of aromatic nitrogens is 3. The van der Waals surface area contributed by atoms with E-state index in [0.717, 1.165) is 35.9 Å². The molecule has 0 saturated carbocycles. The van der Waals surface area contributed by atoms with Crippen LogP contribution in [-0.2, 0) is 4.79 Å². The van der Waals surface area contributed by atoms with Gasteiger partial charge in [0.25, 0.3) is 5.91 Å². The molecule has 36 heavy (non-hydrogen) atoms. The van der Waals surface area contributed by atoms with E-state index in [2.05, 4.69) is 14.9 Å². The van der Waals surface area contributed by atoms with Gasteiger partial charge in [-0.3, -0.25) is 14.9 Å². The van der Waals surface area contributed by atoms with Crippen LogP contribution in [0.4, 0.5) is 5.95 Å². The summed E-state index contributed by atoms with van der Waals surface area (Å²) < 4.78 is 7.20. The summed E-state index contributed by atoms with van der Waals surface area (Å²) in [4.78, 5) is 38.9. The van der Waals surface area contributed by atoms with Crippen molar-refractivity contribution < 1.29 is 14.3 Å². The lowest BCUT2D eigenvalue weighted by molar-refractivity contribution is -0.126. The summed E-state index contributed by atoms with van der Waals surface area (Å²) in [5.74, 6) is 0.632. The number of nitrogens with one attached hydrogen (secondary N) is 1. The number of pyridine rings is 1. The Morgan fingerprint density at radius 2 is 2.06 bits per heavy atom. The Bertz CT molecular complexity index is 1250. The number of hydrogen-bond acceptors (Lipinski definition) is 6. The summed E-state index contributed by atoms with van der Waals surface area (Å²) in [6, 6.07) is 9.27. The van der Waals surface area contributed by atoms with Crippen LogP contribution in [0.1, 0.15) is 41.2 Å². The number of likely N-dealkylation sites (N-methyl/N-ethyl adjacent to an activating group) is 1. The fourth-order valence-corrected chi connectivity index (χ4v) is 4.57. The Labute approximate surface area is 211 Å². The van der Waals surface area contributed by atoms with Crippen molar-refractivity contribution in [2.75, 3.05) is 46.2 Å². The molecule has 3 heterocycles. The molecule has 4 rings (SSSR count). The summed E-state index contributed by atoms with van der Waals surface area (Å²) in [5, 5.41) is 3.00. The van der Waals surface area contributed by atoms with E-state index in [0.29, 0.717) is 37.0 Å². The second kappa shape index (κ2) is 11.3. The Morgan fingerprint density at radius 3 is 2.78 bits per heavy atom. The van der Waals surface area contributed by atoms with Gasteiger partial charge in [0.1, 0.15) is 0 Å². The number of benzene rings is 1. The summed E-state index contributed by atoms with van der Waals surface area (Å²) in [7, 11) is 5.48. The molecule has 1 aliphatic rings. The van der Waals surface area contributed by atoms with E-state index < -0.39 is 0 Å². The molecule has 0 bridgehead atoms. The summed E-state index contributed by atoms with van der Waals surface area (Å²) in [5.41, 5.74) is 3.27. The molecule has 2 aromatic heterocycles. The molecule has 0 spiro atoms. The molecule has 0 aliphatic carbocycles. The molecule has 2 amide bonds. The van der Waals surface area contributed by atoms with E-state index in [4.69, 9.17) is 9.72 Å². The van der Waals surface area contributed by atoms with Crippen molar-refractivity contribution in [2.45, 2.75) is 32.2 Å². The van der Waals surface area contributed by atoms with Gasteiger partial charge in [0.05, 0.1) is 29.7 Å². The monoisotopic (exact) mass is 490 g/mol. The third kappa shape index (κ3) is 5.73. The number of aryl methyl sites for hydroxylation is 1. The molecular formula is C27H34N6O3. The van der Waals surface area contributed by atoms with Gasteiger partial charge in [0.2, 0.25) is 17.7 Å². The van der Waals surface area contributed by atoms with Gasteiger partial charge >= 0.3 is 0 Å². The van der Waals surface area contributed by atoms with Crippen molar-refractivity contribution in [3.63, 3.8) is 0 Å². The van der Waals surface area contributed by atoms with Crippen LogP contribution >= 0.6 is 0 Å². The van der Waals surface area contributed by atoms with Gasteiger partial charge in [-0.15, -0.1) is 0 Å². The summed E-state index contributed by atoms with van der Waals surface area (Å²) >= 11 is 0. The average molecular weight is 491 g/mol. The zero-order valence-electron chi connectivity index (χ0n) is 21.4. The third-order valence-corrected chi connectivity index (χ3v) is 6.40. The van der Waals surface area contributed by atoms with Gasteiger partial charge < -0.3 is 19.1 Å². The van der Waals surface area contributed by atoms with Crippen LogP contribution in [0.25, 0.3) is 11.0 Å². The van der Waals surface area contributed by atoms with Crippen LogP contribution in [0.5, 0.6) is 5.88 Å². The molecule has 3 aromatic rings. The number of anilines is 1. The van der Waals surface area contributed by atoms with Gasteiger partial charge in [-0.1, -0.05) is 18.2 Å². The number of nitrogens with zero attached hydrogens (tertiary/aromatic N) is 5. The molecule has 9 nitrogen and oxygen atoms in total. The lowest BCUT2D eigenvalue weighted by Crippen LogP contribution is -2.35. The fourth-order valence-electron chi connectivity index (χ4n) is 4.57. The Morgan fingerprint density at radius 1 is 1.22 bits per heavy atom. The number of hydrogen-bond donors (Lipinski definition) is 1. The Hall–Kier alpha value is -3.72. The number of methoxy groups -OCH3 is 1. The molecule has 1 aromatic carbocycles. The molecule has 0 radical (unpaired) electrons. The number of fused-ring (bicyclic) bond motifs is 1. The molecule has 1 atom stereocenters. The standard InChI is InChI=1S/C27H34N6O3/c1-19-9-7-11-22-25(19)33(27(29-22)30-26(35)20-13-14-23(36-4)28-17-20)21-10-5-6-16-32(18-21)24(34)12-8-15-31(2)3/h7-9,11-14,17,21H,5-6,10,15-16,18H2,1-4H3,(H,29,30,35). The van der Waals surface area contributed by atoms with Crippen LogP contribution in [0.3, 0.4) is 0 Å². The molecule has 1 fully saturated rings. The predicted octanol–water partition coefficient (Wildman–Crippen LogP) is 3.67. The van der Waals surface area contributed by atoms with Crippen LogP contribution in [0.15, 0.2) is 48.7 Å². The van der Waals surface area contributed by atoms with Gasteiger partial charge in [0, 0.05) is 38.0 Å². The Kier molecular flexibility index (Phi) is 8.00. The molecule has 1 N–H and O–H groups in total. The van der Waals surface area contributed by atoms with Crippen molar-refractivity contribution in [1.82, 2.24) is 24.3 Å².